The number of hydrogen-bond donors (Lipinski definition) is 2. The molecule has 2 aromatic heterocycles. The largest absolute Gasteiger partial charge is 0.378 e. The van der Waals surface area contributed by atoms with Gasteiger partial charge in [-0.25, -0.2) is 14.4 Å². The van der Waals surface area contributed by atoms with E-state index in [4.69, 9.17) is 4.74 Å². The summed E-state index contributed by atoms with van der Waals surface area (Å²) in [5, 5.41) is 5.01. The number of anilines is 2. The van der Waals surface area contributed by atoms with Crippen LogP contribution in [0.15, 0.2) is 34.4 Å². The maximum absolute atomic E-state index is 13.1. The Morgan fingerprint density at radius 1 is 1.26 bits per heavy atom. The van der Waals surface area contributed by atoms with Gasteiger partial charge in [-0.2, -0.15) is 0 Å². The van der Waals surface area contributed by atoms with Gasteiger partial charge in [0.1, 0.15) is 5.82 Å². The van der Waals surface area contributed by atoms with Crippen molar-refractivity contribution in [2.24, 2.45) is 0 Å². The summed E-state index contributed by atoms with van der Waals surface area (Å²) in [6.45, 7) is 4.34. The van der Waals surface area contributed by atoms with Crippen LogP contribution in [-0.2, 0) is 16.0 Å². The molecule has 0 bridgehead atoms. The Morgan fingerprint density at radius 3 is 2.71 bits per heavy atom. The first-order valence-electron chi connectivity index (χ1n) is 9.93. The minimum atomic E-state index is -0.315. The SMILES string of the molecule is Cc1nc(N2CCOCC2)[nH]c(=O)c1CCC(=O)Nc1nc(-c2ccc(F)cc2)cs1. The molecular formula is C21H22FN5O3S. The lowest BCUT2D eigenvalue weighted by Crippen LogP contribution is -2.38. The smallest absolute Gasteiger partial charge is 0.255 e. The predicted octanol–water partition coefficient (Wildman–Crippen LogP) is 2.75. The van der Waals surface area contributed by atoms with Gasteiger partial charge in [-0.3, -0.25) is 14.6 Å². The van der Waals surface area contributed by atoms with Crippen LogP contribution in [0.4, 0.5) is 15.5 Å². The van der Waals surface area contributed by atoms with Gasteiger partial charge in [-0.05, 0) is 37.6 Å². The van der Waals surface area contributed by atoms with Gasteiger partial charge in [0.15, 0.2) is 5.13 Å². The van der Waals surface area contributed by atoms with E-state index in [1.54, 1.807) is 24.4 Å². The summed E-state index contributed by atoms with van der Waals surface area (Å²) in [4.78, 5) is 38.6. The minimum Gasteiger partial charge on any atom is -0.378 e. The second-order valence-electron chi connectivity index (χ2n) is 7.15. The lowest BCUT2D eigenvalue weighted by Gasteiger charge is -2.27. The van der Waals surface area contributed by atoms with Crippen molar-refractivity contribution in [3.05, 3.63) is 57.1 Å². The van der Waals surface area contributed by atoms with Crippen LogP contribution >= 0.6 is 11.3 Å². The van der Waals surface area contributed by atoms with Crippen LogP contribution in [0.3, 0.4) is 0 Å². The molecule has 2 N–H and O–H groups in total. The molecule has 0 unspecified atom stereocenters. The number of thiazole rings is 1. The van der Waals surface area contributed by atoms with E-state index in [0.717, 1.165) is 5.56 Å². The number of nitrogens with zero attached hydrogens (tertiary/aromatic N) is 3. The Balaban J connectivity index is 1.36. The summed E-state index contributed by atoms with van der Waals surface area (Å²) in [6, 6.07) is 6.01. The molecular weight excluding hydrogens is 421 g/mol. The average Bonchev–Trinajstić information content (AvgIpc) is 3.22. The highest BCUT2D eigenvalue weighted by molar-refractivity contribution is 7.14. The number of carbonyl (C=O) groups is 1. The van der Waals surface area contributed by atoms with Gasteiger partial charge >= 0.3 is 0 Å². The number of nitrogens with one attached hydrogen (secondary N) is 2. The summed E-state index contributed by atoms with van der Waals surface area (Å²) < 4.78 is 18.4. The Hall–Kier alpha value is -3.11. The van der Waals surface area contributed by atoms with Gasteiger partial charge in [0.25, 0.3) is 5.56 Å². The number of rotatable bonds is 6. The van der Waals surface area contributed by atoms with E-state index < -0.39 is 0 Å². The Bertz CT molecular complexity index is 1120. The van der Waals surface area contributed by atoms with Crippen LogP contribution in [0.2, 0.25) is 0 Å². The van der Waals surface area contributed by atoms with E-state index in [1.165, 1.54) is 23.5 Å². The molecule has 1 aliphatic rings. The Kier molecular flexibility index (Phi) is 6.38. The number of H-pyrrole nitrogens is 1. The van der Waals surface area contributed by atoms with Gasteiger partial charge < -0.3 is 15.0 Å². The van der Waals surface area contributed by atoms with Crippen LogP contribution in [0.5, 0.6) is 0 Å². The molecule has 0 aliphatic carbocycles. The van der Waals surface area contributed by atoms with E-state index in [0.29, 0.717) is 54.3 Å². The number of hydrogen-bond acceptors (Lipinski definition) is 7. The molecule has 1 amide bonds. The van der Waals surface area contributed by atoms with Crippen molar-refractivity contribution in [3.8, 4) is 11.3 Å². The van der Waals surface area contributed by atoms with Gasteiger partial charge in [0.2, 0.25) is 11.9 Å². The maximum Gasteiger partial charge on any atom is 0.255 e. The van der Waals surface area contributed by atoms with Crippen LogP contribution < -0.4 is 15.8 Å². The number of carbonyl (C=O) groups excluding carboxylic acids is 1. The quantitative estimate of drug-likeness (QED) is 0.608. The first-order chi connectivity index (χ1) is 15.0. The Labute approximate surface area is 182 Å². The third-order valence-corrected chi connectivity index (χ3v) is 5.77. The number of ether oxygens (including phenoxy) is 1. The van der Waals surface area contributed by atoms with Crippen LogP contribution in [-0.4, -0.2) is 47.2 Å². The molecule has 3 aromatic rings. The van der Waals surface area contributed by atoms with Crippen molar-refractivity contribution >= 4 is 28.3 Å². The molecule has 10 heteroatoms. The molecule has 0 saturated carbocycles. The monoisotopic (exact) mass is 443 g/mol. The first-order valence-corrected chi connectivity index (χ1v) is 10.8. The van der Waals surface area contributed by atoms with Gasteiger partial charge in [-0.1, -0.05) is 0 Å². The van der Waals surface area contributed by atoms with Crippen LogP contribution in [0.1, 0.15) is 17.7 Å². The second kappa shape index (κ2) is 9.36. The number of benzene rings is 1. The number of morpholine rings is 1. The second-order valence-corrected chi connectivity index (χ2v) is 8.00. The molecule has 1 aliphatic heterocycles. The maximum atomic E-state index is 13.1. The molecule has 1 saturated heterocycles. The van der Waals surface area contributed by atoms with Gasteiger partial charge in [0, 0.05) is 41.7 Å². The normalized spacial score (nSPS) is 13.9. The highest BCUT2D eigenvalue weighted by Crippen LogP contribution is 2.25. The Morgan fingerprint density at radius 2 is 2.00 bits per heavy atom. The molecule has 31 heavy (non-hydrogen) atoms. The highest BCUT2D eigenvalue weighted by atomic mass is 32.1. The van der Waals surface area contributed by atoms with E-state index >= 15 is 0 Å². The molecule has 162 valence electrons. The van der Waals surface area contributed by atoms with Crippen LogP contribution in [0.25, 0.3) is 11.3 Å². The lowest BCUT2D eigenvalue weighted by molar-refractivity contribution is -0.116. The number of aromatic nitrogens is 3. The molecule has 8 nitrogen and oxygen atoms in total. The van der Waals surface area contributed by atoms with Crippen molar-refractivity contribution in [3.63, 3.8) is 0 Å². The summed E-state index contributed by atoms with van der Waals surface area (Å²) >= 11 is 1.29. The van der Waals surface area contributed by atoms with Crippen molar-refractivity contribution in [1.82, 2.24) is 15.0 Å². The molecule has 0 atom stereocenters. The predicted molar refractivity (Wildman–Crippen MR) is 117 cm³/mol. The van der Waals surface area contributed by atoms with Crippen LogP contribution in [0, 0.1) is 12.7 Å². The number of amides is 1. The molecule has 0 radical (unpaired) electrons. The van der Waals surface area contributed by atoms with Crippen molar-refractivity contribution < 1.29 is 13.9 Å². The molecule has 3 heterocycles. The molecule has 1 aromatic carbocycles. The van der Waals surface area contributed by atoms with Crippen molar-refractivity contribution in [1.29, 1.82) is 0 Å². The van der Waals surface area contributed by atoms with E-state index in [1.807, 2.05) is 4.90 Å². The van der Waals surface area contributed by atoms with Gasteiger partial charge in [0.05, 0.1) is 18.9 Å². The number of aromatic amines is 1. The number of halogens is 1. The minimum absolute atomic E-state index is 0.133. The summed E-state index contributed by atoms with van der Waals surface area (Å²) in [7, 11) is 0. The van der Waals surface area contributed by atoms with E-state index in [9.17, 15) is 14.0 Å². The fourth-order valence-corrected chi connectivity index (χ4v) is 4.06. The van der Waals surface area contributed by atoms with Crippen molar-refractivity contribution in [2.45, 2.75) is 19.8 Å². The fraction of sp³-hybridized carbons (Fsp3) is 0.333. The molecule has 4 rings (SSSR count). The zero-order valence-corrected chi connectivity index (χ0v) is 17.8. The van der Waals surface area contributed by atoms with Crippen molar-refractivity contribution in [2.75, 3.05) is 36.5 Å². The fourth-order valence-electron chi connectivity index (χ4n) is 3.32. The molecule has 0 spiro atoms. The van der Waals surface area contributed by atoms with E-state index in [-0.39, 0.29) is 30.1 Å². The van der Waals surface area contributed by atoms with E-state index in [2.05, 4.69) is 20.3 Å². The standard InChI is InChI=1S/C21H22FN5O3S/c1-13-16(19(29)26-20(23-13)27-8-10-30-11-9-27)6-7-18(28)25-21-24-17(12-31-21)14-2-4-15(22)5-3-14/h2-5,12H,6-11H2,1H3,(H,23,26,29)(H,24,25,28). The average molecular weight is 444 g/mol. The summed E-state index contributed by atoms with van der Waals surface area (Å²) in [6.07, 6.45) is 0.410. The number of aryl methyl sites for hydroxylation is 1. The molecule has 1 fully saturated rings. The zero-order chi connectivity index (χ0) is 21.8. The third kappa shape index (κ3) is 5.15. The zero-order valence-electron chi connectivity index (χ0n) is 17.0. The van der Waals surface area contributed by atoms with Gasteiger partial charge in [-0.15, -0.1) is 11.3 Å². The summed E-state index contributed by atoms with van der Waals surface area (Å²) in [5.74, 6) is -0.0172. The highest BCUT2D eigenvalue weighted by Gasteiger charge is 2.17. The third-order valence-electron chi connectivity index (χ3n) is 5.01. The first kappa shape index (κ1) is 21.1. The summed E-state index contributed by atoms with van der Waals surface area (Å²) in [5.41, 5.74) is 2.32. The lowest BCUT2D eigenvalue weighted by atomic mass is 10.1. The topological polar surface area (TPSA) is 100 Å².